The Morgan fingerprint density at radius 2 is 2.25 bits per heavy atom. The first kappa shape index (κ1) is 12.4. The third kappa shape index (κ3) is 4.25. The van der Waals surface area contributed by atoms with Crippen LogP contribution >= 0.6 is 0 Å². The predicted molar refractivity (Wildman–Crippen MR) is 58.1 cm³/mol. The van der Waals surface area contributed by atoms with Crippen LogP contribution in [-0.4, -0.2) is 27.6 Å². The van der Waals surface area contributed by atoms with Gasteiger partial charge in [0.25, 0.3) is 0 Å². The zero-order chi connectivity index (χ0) is 12.2. The maximum Gasteiger partial charge on any atom is 0.308 e. The standard InChI is InChI=1S/C11H16N2O3/c1-11(2,3)16-10(15)4-5-13-7-9(8-14)6-12-13/h6-8H,4-5H2,1-3H3. The van der Waals surface area contributed by atoms with E-state index in [1.165, 1.54) is 6.20 Å². The summed E-state index contributed by atoms with van der Waals surface area (Å²) in [6.07, 6.45) is 4.02. The van der Waals surface area contributed by atoms with E-state index in [-0.39, 0.29) is 12.4 Å². The van der Waals surface area contributed by atoms with E-state index in [2.05, 4.69) is 5.10 Å². The minimum atomic E-state index is -0.463. The molecule has 0 bridgehead atoms. The topological polar surface area (TPSA) is 61.2 Å². The Kier molecular flexibility index (Phi) is 3.82. The summed E-state index contributed by atoms with van der Waals surface area (Å²) in [6, 6.07) is 0. The summed E-state index contributed by atoms with van der Waals surface area (Å²) >= 11 is 0. The van der Waals surface area contributed by atoms with E-state index in [0.29, 0.717) is 12.1 Å². The van der Waals surface area contributed by atoms with Crippen LogP contribution in [0.4, 0.5) is 0 Å². The van der Waals surface area contributed by atoms with Gasteiger partial charge in [-0.3, -0.25) is 14.3 Å². The second kappa shape index (κ2) is 4.92. The molecule has 0 amide bonds. The molecule has 0 aliphatic rings. The van der Waals surface area contributed by atoms with E-state index in [4.69, 9.17) is 4.74 Å². The van der Waals surface area contributed by atoms with Gasteiger partial charge in [-0.25, -0.2) is 0 Å². The van der Waals surface area contributed by atoms with Crippen molar-refractivity contribution in [2.45, 2.75) is 39.3 Å². The van der Waals surface area contributed by atoms with Gasteiger partial charge in [-0.05, 0) is 20.8 Å². The van der Waals surface area contributed by atoms with Crippen molar-refractivity contribution in [3.05, 3.63) is 18.0 Å². The Balaban J connectivity index is 2.40. The molecule has 1 aromatic rings. The van der Waals surface area contributed by atoms with E-state index >= 15 is 0 Å². The number of rotatable bonds is 4. The molecule has 0 saturated heterocycles. The van der Waals surface area contributed by atoms with Crippen molar-refractivity contribution in [3.63, 3.8) is 0 Å². The number of ether oxygens (including phenoxy) is 1. The first-order chi connectivity index (χ1) is 7.40. The monoisotopic (exact) mass is 224 g/mol. The molecule has 1 aromatic heterocycles. The van der Waals surface area contributed by atoms with E-state index in [1.54, 1.807) is 10.9 Å². The van der Waals surface area contributed by atoms with Crippen molar-refractivity contribution in [1.82, 2.24) is 9.78 Å². The molecule has 0 fully saturated rings. The summed E-state index contributed by atoms with van der Waals surface area (Å²) in [7, 11) is 0. The molecule has 0 atom stereocenters. The Bertz CT molecular complexity index is 377. The summed E-state index contributed by atoms with van der Waals surface area (Å²) in [5.74, 6) is -0.268. The number of carbonyl (C=O) groups is 2. The fraction of sp³-hybridized carbons (Fsp3) is 0.545. The smallest absolute Gasteiger partial charge is 0.308 e. The van der Waals surface area contributed by atoms with Crippen molar-refractivity contribution in [1.29, 1.82) is 0 Å². The molecular formula is C11H16N2O3. The number of carbonyl (C=O) groups excluding carboxylic acids is 2. The molecule has 5 nitrogen and oxygen atoms in total. The van der Waals surface area contributed by atoms with Gasteiger partial charge in [0, 0.05) is 6.20 Å². The maximum absolute atomic E-state index is 11.4. The van der Waals surface area contributed by atoms with Crippen molar-refractivity contribution >= 4 is 12.3 Å². The minimum absolute atomic E-state index is 0.247. The molecule has 1 heterocycles. The van der Waals surface area contributed by atoms with E-state index in [1.807, 2.05) is 20.8 Å². The lowest BCUT2D eigenvalue weighted by molar-refractivity contribution is -0.155. The number of hydrogen-bond acceptors (Lipinski definition) is 4. The summed E-state index contributed by atoms with van der Waals surface area (Å²) in [5.41, 5.74) is 0.0407. The van der Waals surface area contributed by atoms with Gasteiger partial charge in [-0.1, -0.05) is 0 Å². The van der Waals surface area contributed by atoms with Crippen LogP contribution in [0, 0.1) is 0 Å². The van der Waals surface area contributed by atoms with Crippen LogP contribution in [0.15, 0.2) is 12.4 Å². The number of aldehydes is 1. The van der Waals surface area contributed by atoms with Gasteiger partial charge in [0.1, 0.15) is 5.60 Å². The predicted octanol–water partition coefficient (Wildman–Crippen LogP) is 1.43. The Labute approximate surface area is 94.4 Å². The highest BCUT2D eigenvalue weighted by Crippen LogP contribution is 2.08. The van der Waals surface area contributed by atoms with Crippen LogP contribution in [0.2, 0.25) is 0 Å². The first-order valence-electron chi connectivity index (χ1n) is 5.10. The van der Waals surface area contributed by atoms with Crippen molar-refractivity contribution in [3.8, 4) is 0 Å². The fourth-order valence-corrected chi connectivity index (χ4v) is 1.16. The number of hydrogen-bond donors (Lipinski definition) is 0. The number of nitrogens with zero attached hydrogens (tertiary/aromatic N) is 2. The zero-order valence-corrected chi connectivity index (χ0v) is 9.77. The fourth-order valence-electron chi connectivity index (χ4n) is 1.16. The van der Waals surface area contributed by atoms with Gasteiger partial charge in [0.2, 0.25) is 0 Å². The lowest BCUT2D eigenvalue weighted by Crippen LogP contribution is -2.24. The normalized spacial score (nSPS) is 11.2. The molecule has 0 spiro atoms. The second-order valence-corrected chi connectivity index (χ2v) is 4.49. The van der Waals surface area contributed by atoms with Crippen molar-refractivity contribution in [2.75, 3.05) is 0 Å². The van der Waals surface area contributed by atoms with Gasteiger partial charge in [0.05, 0.1) is 24.7 Å². The number of esters is 1. The van der Waals surface area contributed by atoms with Crippen LogP contribution in [-0.2, 0) is 16.1 Å². The molecule has 0 aliphatic carbocycles. The summed E-state index contributed by atoms with van der Waals surface area (Å²) in [5, 5.41) is 3.93. The van der Waals surface area contributed by atoms with Crippen LogP contribution in [0.1, 0.15) is 37.6 Å². The lowest BCUT2D eigenvalue weighted by Gasteiger charge is -2.19. The average molecular weight is 224 g/mol. The third-order valence-electron chi connectivity index (χ3n) is 1.75. The molecular weight excluding hydrogens is 208 g/mol. The summed E-state index contributed by atoms with van der Waals surface area (Å²) < 4.78 is 6.69. The molecule has 5 heteroatoms. The Morgan fingerprint density at radius 3 is 2.75 bits per heavy atom. The SMILES string of the molecule is CC(C)(C)OC(=O)CCn1cc(C=O)cn1. The zero-order valence-electron chi connectivity index (χ0n) is 9.77. The molecule has 0 saturated carbocycles. The number of aryl methyl sites for hydroxylation is 1. The van der Waals surface area contributed by atoms with Gasteiger partial charge in [-0.15, -0.1) is 0 Å². The van der Waals surface area contributed by atoms with E-state index in [9.17, 15) is 9.59 Å². The Morgan fingerprint density at radius 1 is 1.56 bits per heavy atom. The van der Waals surface area contributed by atoms with Crippen LogP contribution in [0.25, 0.3) is 0 Å². The quantitative estimate of drug-likeness (QED) is 0.573. The van der Waals surface area contributed by atoms with Crippen LogP contribution < -0.4 is 0 Å². The molecule has 0 radical (unpaired) electrons. The second-order valence-electron chi connectivity index (χ2n) is 4.49. The van der Waals surface area contributed by atoms with Gasteiger partial charge >= 0.3 is 5.97 Å². The highest BCUT2D eigenvalue weighted by molar-refractivity contribution is 5.73. The first-order valence-corrected chi connectivity index (χ1v) is 5.10. The molecule has 0 aromatic carbocycles. The van der Waals surface area contributed by atoms with Gasteiger partial charge in [0.15, 0.2) is 6.29 Å². The molecule has 0 unspecified atom stereocenters. The Hall–Kier alpha value is -1.65. The molecule has 0 aliphatic heterocycles. The summed E-state index contributed by atoms with van der Waals surface area (Å²) in [4.78, 5) is 21.8. The van der Waals surface area contributed by atoms with Crippen molar-refractivity contribution in [2.24, 2.45) is 0 Å². The summed E-state index contributed by atoms with van der Waals surface area (Å²) in [6.45, 7) is 5.89. The highest BCUT2D eigenvalue weighted by atomic mass is 16.6. The average Bonchev–Trinajstić information content (AvgIpc) is 2.59. The minimum Gasteiger partial charge on any atom is -0.460 e. The number of aromatic nitrogens is 2. The highest BCUT2D eigenvalue weighted by Gasteiger charge is 2.15. The maximum atomic E-state index is 11.4. The molecule has 1 rings (SSSR count). The van der Waals surface area contributed by atoms with Gasteiger partial charge in [-0.2, -0.15) is 5.10 Å². The van der Waals surface area contributed by atoms with E-state index in [0.717, 1.165) is 6.29 Å². The molecule has 0 N–H and O–H groups in total. The largest absolute Gasteiger partial charge is 0.460 e. The third-order valence-corrected chi connectivity index (χ3v) is 1.75. The van der Waals surface area contributed by atoms with Crippen molar-refractivity contribution < 1.29 is 14.3 Å². The molecule has 88 valence electrons. The van der Waals surface area contributed by atoms with Crippen LogP contribution in [0.5, 0.6) is 0 Å². The lowest BCUT2D eigenvalue weighted by atomic mass is 10.2. The van der Waals surface area contributed by atoms with Gasteiger partial charge < -0.3 is 4.74 Å². The van der Waals surface area contributed by atoms with E-state index < -0.39 is 5.60 Å². The molecule has 16 heavy (non-hydrogen) atoms. The van der Waals surface area contributed by atoms with Crippen LogP contribution in [0.3, 0.4) is 0 Å².